The van der Waals surface area contributed by atoms with Gasteiger partial charge in [0.2, 0.25) is 0 Å². The molecular formula is C5H8Mn2NO5+. The van der Waals surface area contributed by atoms with Gasteiger partial charge >= 0.3 is 34.1 Å². The Bertz CT molecular complexity index is 154. The van der Waals surface area contributed by atoms with E-state index in [9.17, 15) is 19.8 Å². The predicted molar refractivity (Wildman–Crippen MR) is 29.2 cm³/mol. The van der Waals surface area contributed by atoms with Crippen molar-refractivity contribution in [1.82, 2.24) is 0 Å². The molecule has 0 heterocycles. The molecule has 8 heteroatoms. The fraction of sp³-hybridized carbons (Fsp3) is 0.600. The normalized spacial score (nSPS) is 9.62. The Kier molecular flexibility index (Phi) is 21.1. The number of nitrogens with two attached hydrogens (primary N) is 1. The van der Waals surface area contributed by atoms with Gasteiger partial charge in [-0.1, -0.05) is 0 Å². The molecule has 0 unspecified atom stereocenters. The van der Waals surface area contributed by atoms with Gasteiger partial charge < -0.3 is 31.0 Å². The quantitative estimate of drug-likeness (QED) is 0.525. The van der Waals surface area contributed by atoms with Crippen molar-refractivity contribution in [3.63, 3.8) is 0 Å². The van der Waals surface area contributed by atoms with Crippen LogP contribution in [0.1, 0.15) is 12.8 Å². The van der Waals surface area contributed by atoms with Crippen LogP contribution in [0.15, 0.2) is 0 Å². The second-order valence-electron chi connectivity index (χ2n) is 1.84. The Morgan fingerprint density at radius 3 is 1.85 bits per heavy atom. The molecule has 0 amide bonds. The first-order chi connectivity index (χ1) is 4.54. The third-order valence-corrected chi connectivity index (χ3v) is 0.962. The summed E-state index contributed by atoms with van der Waals surface area (Å²) in [7, 11) is 0. The fourth-order valence-corrected chi connectivity index (χ4v) is 0.391. The van der Waals surface area contributed by atoms with Crippen molar-refractivity contribution in [2.75, 3.05) is 0 Å². The number of carbonyl (C=O) groups excluding carboxylic acids is 2. The van der Waals surface area contributed by atoms with E-state index >= 15 is 0 Å². The summed E-state index contributed by atoms with van der Waals surface area (Å²) >= 11 is 0. The molecule has 0 aromatic heterocycles. The van der Waals surface area contributed by atoms with Crippen molar-refractivity contribution < 1.29 is 59.4 Å². The molecule has 1 atom stereocenters. The number of hydrogen-bond acceptors (Lipinski definition) is 6. The van der Waals surface area contributed by atoms with Crippen LogP contribution in [-0.2, 0) is 43.7 Å². The van der Waals surface area contributed by atoms with Crippen LogP contribution in [0, 0.1) is 0 Å². The van der Waals surface area contributed by atoms with Crippen LogP contribution in [0.5, 0.6) is 0 Å². The minimum absolute atomic E-state index is 0. The van der Waals surface area contributed by atoms with Crippen molar-refractivity contribution in [1.29, 1.82) is 0 Å². The van der Waals surface area contributed by atoms with Crippen LogP contribution < -0.4 is 15.9 Å². The summed E-state index contributed by atoms with van der Waals surface area (Å²) in [4.78, 5) is 19.6. The number of hydrogen-bond donors (Lipinski definition) is 1. The first-order valence-electron chi connectivity index (χ1n) is 2.70. The molecule has 0 aliphatic heterocycles. The molecule has 0 aromatic rings. The van der Waals surface area contributed by atoms with Crippen molar-refractivity contribution in [2.24, 2.45) is 5.73 Å². The Morgan fingerprint density at radius 2 is 1.62 bits per heavy atom. The van der Waals surface area contributed by atoms with E-state index in [1.54, 1.807) is 0 Å². The summed E-state index contributed by atoms with van der Waals surface area (Å²) in [5, 5.41) is 19.6. The van der Waals surface area contributed by atoms with E-state index in [0.29, 0.717) is 0 Å². The van der Waals surface area contributed by atoms with Crippen molar-refractivity contribution >= 4 is 11.9 Å². The van der Waals surface area contributed by atoms with Crippen LogP contribution in [-0.4, -0.2) is 23.5 Å². The smallest absolute Gasteiger partial charge is 0.870 e. The molecule has 2 radical (unpaired) electrons. The van der Waals surface area contributed by atoms with Crippen molar-refractivity contribution in [3.05, 3.63) is 0 Å². The van der Waals surface area contributed by atoms with E-state index in [4.69, 9.17) is 5.73 Å². The molecule has 6 nitrogen and oxygen atoms in total. The molecule has 0 saturated carbocycles. The molecule has 0 rings (SSSR count). The molecule has 0 fully saturated rings. The van der Waals surface area contributed by atoms with Gasteiger partial charge in [0.1, 0.15) is 0 Å². The average Bonchev–Trinajstić information content (AvgIpc) is 1.82. The molecule has 0 saturated heterocycles. The van der Waals surface area contributed by atoms with Gasteiger partial charge in [-0.3, -0.25) is 0 Å². The van der Waals surface area contributed by atoms with Crippen LogP contribution in [0.3, 0.4) is 0 Å². The third-order valence-electron chi connectivity index (χ3n) is 0.962. The molecule has 13 heavy (non-hydrogen) atoms. The van der Waals surface area contributed by atoms with E-state index in [-0.39, 0.29) is 52.5 Å². The van der Waals surface area contributed by atoms with Crippen LogP contribution in [0.4, 0.5) is 0 Å². The fourth-order valence-electron chi connectivity index (χ4n) is 0.391. The minimum Gasteiger partial charge on any atom is -0.870 e. The Morgan fingerprint density at radius 1 is 1.23 bits per heavy atom. The van der Waals surface area contributed by atoms with Crippen LogP contribution >= 0.6 is 0 Å². The molecular weight excluding hydrogens is 264 g/mol. The average molecular weight is 272 g/mol. The zero-order valence-corrected chi connectivity index (χ0v) is 8.77. The van der Waals surface area contributed by atoms with Gasteiger partial charge in [-0.25, -0.2) is 0 Å². The van der Waals surface area contributed by atoms with Gasteiger partial charge in [-0.15, -0.1) is 0 Å². The van der Waals surface area contributed by atoms with Crippen LogP contribution in [0.2, 0.25) is 0 Å². The topological polar surface area (TPSA) is 136 Å². The maximum Gasteiger partial charge on any atom is 2.00 e. The van der Waals surface area contributed by atoms with Gasteiger partial charge in [0.25, 0.3) is 0 Å². The molecule has 0 aliphatic rings. The number of rotatable bonds is 4. The second-order valence-corrected chi connectivity index (χ2v) is 1.84. The summed E-state index contributed by atoms with van der Waals surface area (Å²) in [6.07, 6.45) is -0.500. The molecule has 0 bridgehead atoms. The third kappa shape index (κ3) is 14.7. The van der Waals surface area contributed by atoms with Gasteiger partial charge in [-0.05, 0) is 12.8 Å². The van der Waals surface area contributed by atoms with Gasteiger partial charge in [0.15, 0.2) is 0 Å². The number of carboxylic acid groups (broad SMARTS) is 2. The molecule has 3 N–H and O–H groups in total. The standard InChI is InChI=1S/C5H9NO4.2Mn.H2O/c6-3(5(9)10)1-2-4(7)8;;;/h3H,1-2,6H2,(H,7,8)(H,9,10);;;1H2/q;2*+2;/p-3/t3-;;;/m0.../s1. The first-order valence-corrected chi connectivity index (χ1v) is 2.70. The summed E-state index contributed by atoms with van der Waals surface area (Å²) in [6, 6.07) is -1.21. The maximum absolute atomic E-state index is 9.86. The van der Waals surface area contributed by atoms with Crippen molar-refractivity contribution in [3.8, 4) is 0 Å². The molecule has 0 aromatic carbocycles. The summed E-state index contributed by atoms with van der Waals surface area (Å²) in [6.45, 7) is 0. The molecule has 76 valence electrons. The Hall–Kier alpha value is -0.101. The number of aliphatic carboxylic acids is 2. The SMILES string of the molecule is N[C@@H](CCC(=O)[O-])C(=O)[O-].[Mn+2].[Mn+2].[OH-]. The largest absolute Gasteiger partial charge is 2.00 e. The summed E-state index contributed by atoms with van der Waals surface area (Å²) < 4.78 is 0. The van der Waals surface area contributed by atoms with Gasteiger partial charge in [0.05, 0.1) is 5.97 Å². The van der Waals surface area contributed by atoms with Gasteiger partial charge in [-0.2, -0.15) is 0 Å². The van der Waals surface area contributed by atoms with E-state index in [1.807, 2.05) is 0 Å². The zero-order chi connectivity index (χ0) is 8.15. The van der Waals surface area contributed by atoms with Crippen LogP contribution in [0.25, 0.3) is 0 Å². The number of carbonyl (C=O) groups is 2. The second kappa shape index (κ2) is 11.9. The summed E-state index contributed by atoms with van der Waals surface area (Å²) in [5.41, 5.74) is 4.91. The van der Waals surface area contributed by atoms with Gasteiger partial charge in [0, 0.05) is 12.0 Å². The van der Waals surface area contributed by atoms with E-state index in [1.165, 1.54) is 0 Å². The predicted octanol–water partition coefficient (Wildman–Crippen LogP) is -3.59. The first kappa shape index (κ1) is 23.1. The van der Waals surface area contributed by atoms with E-state index in [0.717, 1.165) is 0 Å². The minimum atomic E-state index is -1.44. The Labute approximate surface area is 96.1 Å². The zero-order valence-electron chi connectivity index (χ0n) is 6.41. The molecule has 0 spiro atoms. The summed E-state index contributed by atoms with van der Waals surface area (Å²) in [5.74, 6) is -2.75. The number of carboxylic acids is 2. The van der Waals surface area contributed by atoms with Crippen molar-refractivity contribution in [2.45, 2.75) is 18.9 Å². The van der Waals surface area contributed by atoms with E-state index < -0.39 is 18.0 Å². The Balaban J connectivity index is -0.000000135. The maximum atomic E-state index is 9.86. The monoisotopic (exact) mass is 272 g/mol. The molecule has 0 aliphatic carbocycles. The van der Waals surface area contributed by atoms with E-state index in [2.05, 4.69) is 0 Å².